The van der Waals surface area contributed by atoms with Gasteiger partial charge in [0.25, 0.3) is 0 Å². The molecule has 2 aromatic heterocycles. The first-order valence-corrected chi connectivity index (χ1v) is 10.0. The lowest BCUT2D eigenvalue weighted by molar-refractivity contribution is 0.248. The van der Waals surface area contributed by atoms with Gasteiger partial charge >= 0.3 is 0 Å². The topological polar surface area (TPSA) is 141 Å². The van der Waals surface area contributed by atoms with Crippen LogP contribution in [0.25, 0.3) is 11.2 Å². The Kier molecular flexibility index (Phi) is 6.47. The fourth-order valence-corrected chi connectivity index (χ4v) is 3.03. The number of halogens is 1. The number of fused-ring (bicyclic) bond motifs is 1. The summed E-state index contributed by atoms with van der Waals surface area (Å²) in [5.41, 5.74) is 1.44. The predicted octanol–water partition coefficient (Wildman–Crippen LogP) is 2.91. The van der Waals surface area contributed by atoms with Gasteiger partial charge in [0.05, 0.1) is 23.7 Å². The van der Waals surface area contributed by atoms with Crippen LogP contribution in [0, 0.1) is 5.92 Å². The van der Waals surface area contributed by atoms with Gasteiger partial charge in [-0.2, -0.15) is 9.97 Å². The minimum atomic E-state index is -0.375. The highest BCUT2D eigenvalue weighted by molar-refractivity contribution is 6.32. The van der Waals surface area contributed by atoms with E-state index in [9.17, 15) is 15.3 Å². The highest BCUT2D eigenvalue weighted by atomic mass is 35.5. The predicted molar refractivity (Wildman–Crippen MR) is 115 cm³/mol. The van der Waals surface area contributed by atoms with Gasteiger partial charge in [-0.05, 0) is 25.8 Å². The first kappa shape index (κ1) is 21.8. The largest absolute Gasteiger partial charge is 0.504 e. The third-order valence-corrected chi connectivity index (χ3v) is 5.07. The van der Waals surface area contributed by atoms with Gasteiger partial charge in [0.1, 0.15) is 0 Å². The molecule has 1 atom stereocenters. The number of hydrogen-bond acceptors (Lipinski definition) is 9. The van der Waals surface area contributed by atoms with Crippen LogP contribution in [-0.2, 0) is 6.54 Å². The molecule has 3 rings (SSSR count). The van der Waals surface area contributed by atoms with E-state index in [0.29, 0.717) is 28.5 Å². The second-order valence-electron chi connectivity index (χ2n) is 7.63. The van der Waals surface area contributed by atoms with Gasteiger partial charge < -0.3 is 26.0 Å². The summed E-state index contributed by atoms with van der Waals surface area (Å²) in [6, 6.07) is 2.91. The number of benzene rings is 1. The van der Waals surface area contributed by atoms with Crippen molar-refractivity contribution in [3.8, 4) is 11.5 Å². The summed E-state index contributed by atoms with van der Waals surface area (Å²) in [6.45, 7) is 8.00. The smallest absolute Gasteiger partial charge is 0.227 e. The van der Waals surface area contributed by atoms with Gasteiger partial charge in [0.15, 0.2) is 28.5 Å². The van der Waals surface area contributed by atoms with Gasteiger partial charge in [0, 0.05) is 12.1 Å². The summed E-state index contributed by atoms with van der Waals surface area (Å²) in [4.78, 5) is 9.04. The Morgan fingerprint density at radius 2 is 1.83 bits per heavy atom. The van der Waals surface area contributed by atoms with Crippen molar-refractivity contribution in [3.05, 3.63) is 22.7 Å². The van der Waals surface area contributed by atoms with Gasteiger partial charge in [-0.1, -0.05) is 36.7 Å². The quantitative estimate of drug-likeness (QED) is 0.337. The standard InChI is InChI=1S/C19H26ClN7O3/c1-9(2)13(8-28)22-19-23-17(14-18(24-19)27(10(3)4)26-25-14)21-7-11-5-6-12(20)16(30)15(11)29/h5-6,9-10,13,28-30H,7-8H2,1-4H3,(H2,21,22,23,24). The molecule has 1 aromatic carbocycles. The maximum atomic E-state index is 10.1. The van der Waals surface area contributed by atoms with Crippen LogP contribution in [0.15, 0.2) is 12.1 Å². The van der Waals surface area contributed by atoms with Gasteiger partial charge in [-0.15, -0.1) is 5.10 Å². The van der Waals surface area contributed by atoms with Crippen LogP contribution in [0.3, 0.4) is 0 Å². The number of hydrogen-bond donors (Lipinski definition) is 5. The van der Waals surface area contributed by atoms with Crippen LogP contribution in [0.5, 0.6) is 11.5 Å². The van der Waals surface area contributed by atoms with E-state index in [2.05, 4.69) is 30.9 Å². The lowest BCUT2D eigenvalue weighted by atomic mass is 10.1. The van der Waals surface area contributed by atoms with Crippen molar-refractivity contribution in [2.45, 2.75) is 46.3 Å². The lowest BCUT2D eigenvalue weighted by Gasteiger charge is -2.20. The molecule has 0 bridgehead atoms. The summed E-state index contributed by atoms with van der Waals surface area (Å²) in [5, 5.41) is 44.3. The zero-order valence-corrected chi connectivity index (χ0v) is 18.0. The summed E-state index contributed by atoms with van der Waals surface area (Å²) in [6.07, 6.45) is 0. The van der Waals surface area contributed by atoms with E-state index in [1.807, 2.05) is 27.7 Å². The molecule has 0 spiro atoms. The Morgan fingerprint density at radius 1 is 1.10 bits per heavy atom. The minimum Gasteiger partial charge on any atom is -0.504 e. The Balaban J connectivity index is 1.99. The molecule has 0 saturated carbocycles. The molecular weight excluding hydrogens is 410 g/mol. The van der Waals surface area contributed by atoms with Crippen LogP contribution in [0.4, 0.5) is 11.8 Å². The first-order chi connectivity index (χ1) is 14.2. The number of nitrogens with zero attached hydrogens (tertiary/aromatic N) is 5. The average Bonchev–Trinajstić information content (AvgIpc) is 3.13. The molecule has 11 heteroatoms. The van der Waals surface area contributed by atoms with E-state index in [0.717, 1.165) is 0 Å². The fourth-order valence-electron chi connectivity index (χ4n) is 2.87. The highest BCUT2D eigenvalue weighted by Gasteiger charge is 2.20. The molecule has 0 fully saturated rings. The molecular formula is C19H26ClN7O3. The zero-order valence-electron chi connectivity index (χ0n) is 17.3. The SMILES string of the molecule is CC(C)C(CO)Nc1nc(NCc2ccc(Cl)c(O)c2O)c2nnn(C(C)C)c2n1. The summed E-state index contributed by atoms with van der Waals surface area (Å²) in [5.74, 6) is 0.214. The van der Waals surface area contributed by atoms with Crippen molar-refractivity contribution in [1.82, 2.24) is 25.0 Å². The monoisotopic (exact) mass is 435 g/mol. The molecule has 0 aliphatic rings. The van der Waals surface area contributed by atoms with Gasteiger partial charge in [-0.25, -0.2) is 4.68 Å². The second-order valence-corrected chi connectivity index (χ2v) is 8.04. The molecule has 0 saturated heterocycles. The van der Waals surface area contributed by atoms with Crippen LogP contribution in [-0.4, -0.2) is 52.9 Å². The number of rotatable bonds is 8. The molecule has 0 aliphatic heterocycles. The number of aliphatic hydroxyl groups is 1. The van der Waals surface area contributed by atoms with Crippen molar-refractivity contribution in [1.29, 1.82) is 0 Å². The van der Waals surface area contributed by atoms with Crippen LogP contribution in [0.1, 0.15) is 39.3 Å². The molecule has 30 heavy (non-hydrogen) atoms. The van der Waals surface area contributed by atoms with Crippen LogP contribution in [0.2, 0.25) is 5.02 Å². The molecule has 2 heterocycles. The Labute approximate surface area is 178 Å². The van der Waals surface area contributed by atoms with E-state index in [1.54, 1.807) is 10.7 Å². The minimum absolute atomic E-state index is 0.0293. The van der Waals surface area contributed by atoms with Crippen molar-refractivity contribution in [3.63, 3.8) is 0 Å². The molecule has 10 nitrogen and oxygen atoms in total. The Bertz CT molecular complexity index is 1040. The number of anilines is 2. The lowest BCUT2D eigenvalue weighted by Crippen LogP contribution is -2.30. The third-order valence-electron chi connectivity index (χ3n) is 4.76. The van der Waals surface area contributed by atoms with E-state index < -0.39 is 0 Å². The number of nitrogens with one attached hydrogen (secondary N) is 2. The van der Waals surface area contributed by atoms with Crippen LogP contribution < -0.4 is 10.6 Å². The third kappa shape index (κ3) is 4.34. The van der Waals surface area contributed by atoms with Crippen molar-refractivity contribution in [2.24, 2.45) is 5.92 Å². The molecule has 162 valence electrons. The van der Waals surface area contributed by atoms with E-state index in [4.69, 9.17) is 11.6 Å². The molecule has 0 amide bonds. The number of aromatic hydroxyl groups is 2. The van der Waals surface area contributed by atoms with Crippen molar-refractivity contribution in [2.75, 3.05) is 17.2 Å². The zero-order chi connectivity index (χ0) is 22.0. The summed E-state index contributed by atoms with van der Waals surface area (Å²) in [7, 11) is 0. The van der Waals surface area contributed by atoms with E-state index in [1.165, 1.54) is 6.07 Å². The number of phenolic OH excluding ortho intramolecular Hbond substituents is 2. The molecule has 3 aromatic rings. The molecule has 0 radical (unpaired) electrons. The number of aliphatic hydroxyl groups excluding tert-OH is 1. The first-order valence-electron chi connectivity index (χ1n) is 9.66. The molecule has 0 aliphatic carbocycles. The highest BCUT2D eigenvalue weighted by Crippen LogP contribution is 2.36. The maximum absolute atomic E-state index is 10.1. The van der Waals surface area contributed by atoms with Crippen molar-refractivity contribution >= 4 is 34.5 Å². The van der Waals surface area contributed by atoms with Gasteiger partial charge in [-0.3, -0.25) is 0 Å². The van der Waals surface area contributed by atoms with Crippen LogP contribution >= 0.6 is 11.6 Å². The van der Waals surface area contributed by atoms with E-state index >= 15 is 0 Å². The van der Waals surface area contributed by atoms with Gasteiger partial charge in [0.2, 0.25) is 5.95 Å². The summed E-state index contributed by atoms with van der Waals surface area (Å²) >= 11 is 5.82. The molecule has 5 N–H and O–H groups in total. The number of aromatic nitrogens is 5. The Morgan fingerprint density at radius 3 is 2.47 bits per heavy atom. The maximum Gasteiger partial charge on any atom is 0.227 e. The average molecular weight is 436 g/mol. The van der Waals surface area contributed by atoms with Crippen molar-refractivity contribution < 1.29 is 15.3 Å². The summed E-state index contributed by atoms with van der Waals surface area (Å²) < 4.78 is 1.68. The van der Waals surface area contributed by atoms with E-state index in [-0.39, 0.29) is 47.7 Å². The normalized spacial score (nSPS) is 12.7. The second kappa shape index (κ2) is 8.88. The Hall–Kier alpha value is -2.85. The molecule has 1 unspecified atom stereocenters. The fraction of sp³-hybridized carbons (Fsp3) is 0.474. The number of phenols is 2.